The van der Waals surface area contributed by atoms with Gasteiger partial charge in [-0.05, 0) is 56.3 Å². The number of amides is 1. The molecule has 2 heterocycles. The lowest BCUT2D eigenvalue weighted by atomic mass is 10.1. The molecule has 0 atom stereocenters. The number of sulfonamides is 1. The van der Waals surface area contributed by atoms with Gasteiger partial charge in [0.05, 0.1) is 23.1 Å². The van der Waals surface area contributed by atoms with E-state index in [1.54, 1.807) is 47.0 Å². The second-order valence-electron chi connectivity index (χ2n) is 7.77. The van der Waals surface area contributed by atoms with Crippen LogP contribution in [-0.2, 0) is 16.6 Å². The number of benzene rings is 2. The first-order valence-corrected chi connectivity index (χ1v) is 12.3. The second kappa shape index (κ2) is 9.59. The van der Waals surface area contributed by atoms with Gasteiger partial charge in [0.1, 0.15) is 17.0 Å². The molecule has 180 valence electrons. The van der Waals surface area contributed by atoms with Crippen LogP contribution in [0.3, 0.4) is 0 Å². The third kappa shape index (κ3) is 4.87. The Kier molecular flexibility index (Phi) is 6.57. The van der Waals surface area contributed by atoms with Crippen LogP contribution >= 0.6 is 0 Å². The van der Waals surface area contributed by atoms with Crippen molar-refractivity contribution < 1.29 is 17.9 Å². The molecule has 0 saturated heterocycles. The first kappa shape index (κ1) is 24.0. The lowest BCUT2D eigenvalue weighted by Crippen LogP contribution is -2.24. The number of aryl methyl sites for hydroxylation is 2. The fraction of sp³-hybridized carbons (Fsp3) is 0.160. The van der Waals surface area contributed by atoms with E-state index in [2.05, 4.69) is 15.0 Å². The predicted molar refractivity (Wildman–Crippen MR) is 135 cm³/mol. The highest BCUT2D eigenvalue weighted by atomic mass is 32.2. The van der Waals surface area contributed by atoms with Crippen LogP contribution in [0.1, 0.15) is 23.0 Å². The summed E-state index contributed by atoms with van der Waals surface area (Å²) in [5.41, 5.74) is 1.26. The van der Waals surface area contributed by atoms with Gasteiger partial charge in [0.2, 0.25) is 5.43 Å². The van der Waals surface area contributed by atoms with Crippen LogP contribution in [-0.4, -0.2) is 31.0 Å². The molecule has 1 amide bonds. The van der Waals surface area contributed by atoms with Gasteiger partial charge in [-0.15, -0.1) is 0 Å². The number of nitrogens with zero attached hydrogens (tertiary/aromatic N) is 2. The lowest BCUT2D eigenvalue weighted by molar-refractivity contribution is 0.102. The molecule has 0 aliphatic heterocycles. The third-order valence-corrected chi connectivity index (χ3v) is 6.76. The van der Waals surface area contributed by atoms with Crippen molar-refractivity contribution in [3.63, 3.8) is 0 Å². The molecule has 2 N–H and O–H groups in total. The Morgan fingerprint density at radius 3 is 2.60 bits per heavy atom. The molecule has 0 radical (unpaired) electrons. The number of hydrogen-bond donors (Lipinski definition) is 2. The smallest absolute Gasteiger partial charge is 0.262 e. The first-order valence-electron chi connectivity index (χ1n) is 10.8. The van der Waals surface area contributed by atoms with Crippen molar-refractivity contribution in [3.05, 3.63) is 88.3 Å². The number of carbonyl (C=O) groups excluding carboxylic acids is 1. The number of para-hydroxylation sites is 2. The minimum absolute atomic E-state index is 0.0644. The number of rotatable bonds is 7. The summed E-state index contributed by atoms with van der Waals surface area (Å²) in [5, 5.41) is 2.97. The van der Waals surface area contributed by atoms with E-state index in [0.29, 0.717) is 23.3 Å². The molecule has 2 aromatic carbocycles. The Morgan fingerprint density at radius 2 is 1.86 bits per heavy atom. The minimum Gasteiger partial charge on any atom is -0.495 e. The Balaban J connectivity index is 1.64. The molecule has 0 aliphatic rings. The topological polar surface area (TPSA) is 119 Å². The molecule has 0 bridgehead atoms. The van der Waals surface area contributed by atoms with E-state index < -0.39 is 21.4 Å². The van der Waals surface area contributed by atoms with Crippen LogP contribution in [0.2, 0.25) is 0 Å². The van der Waals surface area contributed by atoms with Crippen molar-refractivity contribution >= 4 is 38.3 Å². The number of pyridine rings is 2. The summed E-state index contributed by atoms with van der Waals surface area (Å²) in [6.45, 7) is 4.23. The average molecular weight is 493 g/mol. The molecule has 35 heavy (non-hydrogen) atoms. The van der Waals surface area contributed by atoms with E-state index in [1.807, 2.05) is 13.8 Å². The van der Waals surface area contributed by atoms with Gasteiger partial charge < -0.3 is 14.6 Å². The van der Waals surface area contributed by atoms with Crippen molar-refractivity contribution in [2.45, 2.75) is 25.3 Å². The summed E-state index contributed by atoms with van der Waals surface area (Å²) in [6, 6.07) is 15.8. The lowest BCUT2D eigenvalue weighted by Gasteiger charge is -2.13. The van der Waals surface area contributed by atoms with Crippen LogP contribution in [0.15, 0.2) is 76.6 Å². The number of aromatic nitrogens is 2. The molecule has 0 fully saturated rings. The van der Waals surface area contributed by atoms with Crippen LogP contribution in [0.4, 0.5) is 11.4 Å². The third-order valence-electron chi connectivity index (χ3n) is 5.40. The standard InChI is InChI=1S/C25H24N4O5S/c1-4-29-15-20(23(30)19-13-12-16(2)26-24(19)29)25(31)27-17-8-7-9-18(14-17)35(32,33)28-21-10-5-6-11-22(21)34-3/h5-15,28H,4H2,1-3H3,(H,27,31). The predicted octanol–water partition coefficient (Wildman–Crippen LogP) is 3.79. The van der Waals surface area contributed by atoms with Gasteiger partial charge in [-0.2, -0.15) is 0 Å². The molecule has 2 aromatic heterocycles. The maximum Gasteiger partial charge on any atom is 0.262 e. The summed E-state index contributed by atoms with van der Waals surface area (Å²) in [5.74, 6) is -0.277. The Morgan fingerprint density at radius 1 is 1.09 bits per heavy atom. The first-order chi connectivity index (χ1) is 16.7. The summed E-state index contributed by atoms with van der Waals surface area (Å²) in [6.07, 6.45) is 1.47. The maximum atomic E-state index is 13.0. The van der Waals surface area contributed by atoms with Crippen LogP contribution in [0.25, 0.3) is 11.0 Å². The number of ether oxygens (including phenoxy) is 1. The van der Waals surface area contributed by atoms with Gasteiger partial charge >= 0.3 is 0 Å². The Bertz CT molecular complexity index is 1600. The number of fused-ring (bicyclic) bond motifs is 1. The molecule has 0 saturated carbocycles. The molecule has 10 heteroatoms. The highest BCUT2D eigenvalue weighted by molar-refractivity contribution is 7.92. The highest BCUT2D eigenvalue weighted by Crippen LogP contribution is 2.27. The fourth-order valence-electron chi connectivity index (χ4n) is 3.63. The van der Waals surface area contributed by atoms with Gasteiger partial charge in [0.15, 0.2) is 0 Å². The minimum atomic E-state index is -3.98. The molecule has 0 aliphatic carbocycles. The van der Waals surface area contributed by atoms with Gasteiger partial charge in [0.25, 0.3) is 15.9 Å². The van der Waals surface area contributed by atoms with Crippen molar-refractivity contribution in [3.8, 4) is 5.75 Å². The normalized spacial score (nSPS) is 11.3. The van der Waals surface area contributed by atoms with E-state index in [-0.39, 0.29) is 21.8 Å². The zero-order valence-electron chi connectivity index (χ0n) is 19.4. The molecular weight excluding hydrogens is 468 g/mol. The van der Waals surface area contributed by atoms with E-state index in [9.17, 15) is 18.0 Å². The molecular formula is C25H24N4O5S. The molecule has 4 aromatic rings. The molecule has 4 rings (SSSR count). The maximum absolute atomic E-state index is 13.0. The summed E-state index contributed by atoms with van der Waals surface area (Å²) < 4.78 is 35.3. The Hall–Kier alpha value is -4.18. The van der Waals surface area contributed by atoms with E-state index >= 15 is 0 Å². The van der Waals surface area contributed by atoms with Crippen LogP contribution in [0.5, 0.6) is 5.75 Å². The fourth-order valence-corrected chi connectivity index (χ4v) is 4.75. The second-order valence-corrected chi connectivity index (χ2v) is 9.45. The molecule has 0 unspecified atom stereocenters. The quantitative estimate of drug-likeness (QED) is 0.405. The zero-order valence-corrected chi connectivity index (χ0v) is 20.2. The number of carbonyl (C=O) groups is 1. The monoisotopic (exact) mass is 492 g/mol. The van der Waals surface area contributed by atoms with Gasteiger partial charge in [-0.3, -0.25) is 14.3 Å². The van der Waals surface area contributed by atoms with Gasteiger partial charge in [0, 0.05) is 24.1 Å². The van der Waals surface area contributed by atoms with E-state index in [4.69, 9.17) is 4.74 Å². The number of methoxy groups -OCH3 is 1. The van der Waals surface area contributed by atoms with Crippen molar-refractivity contribution in [2.24, 2.45) is 0 Å². The van der Waals surface area contributed by atoms with Gasteiger partial charge in [-0.1, -0.05) is 18.2 Å². The number of nitrogens with one attached hydrogen (secondary N) is 2. The van der Waals surface area contributed by atoms with E-state index in [1.165, 1.54) is 31.5 Å². The van der Waals surface area contributed by atoms with Gasteiger partial charge in [-0.25, -0.2) is 13.4 Å². The zero-order chi connectivity index (χ0) is 25.2. The van der Waals surface area contributed by atoms with Crippen molar-refractivity contribution in [1.82, 2.24) is 9.55 Å². The number of anilines is 2. The summed E-state index contributed by atoms with van der Waals surface area (Å²) >= 11 is 0. The average Bonchev–Trinajstić information content (AvgIpc) is 2.84. The molecule has 0 spiro atoms. The molecule has 9 nitrogen and oxygen atoms in total. The van der Waals surface area contributed by atoms with E-state index in [0.717, 1.165) is 5.69 Å². The highest BCUT2D eigenvalue weighted by Gasteiger charge is 2.19. The largest absolute Gasteiger partial charge is 0.495 e. The SMILES string of the molecule is CCn1cc(C(=O)Nc2cccc(S(=O)(=O)Nc3ccccc3OC)c2)c(=O)c2ccc(C)nc21. The van der Waals surface area contributed by atoms with Crippen LogP contribution < -0.4 is 20.2 Å². The van der Waals surface area contributed by atoms with Crippen molar-refractivity contribution in [1.29, 1.82) is 0 Å². The number of hydrogen-bond acceptors (Lipinski definition) is 6. The summed E-state index contributed by atoms with van der Waals surface area (Å²) in [7, 11) is -2.53. The van der Waals surface area contributed by atoms with Crippen molar-refractivity contribution in [2.75, 3.05) is 17.1 Å². The summed E-state index contributed by atoms with van der Waals surface area (Å²) in [4.78, 5) is 30.4. The Labute approximate surface area is 202 Å². The van der Waals surface area contributed by atoms with Crippen LogP contribution in [0, 0.1) is 6.92 Å².